The Kier molecular flexibility index (Phi) is 4.11. The van der Waals surface area contributed by atoms with Gasteiger partial charge in [-0.1, -0.05) is 35.9 Å². The maximum absolute atomic E-state index is 4.38. The van der Waals surface area contributed by atoms with Crippen molar-refractivity contribution in [1.29, 1.82) is 0 Å². The van der Waals surface area contributed by atoms with Crippen LogP contribution in [0.5, 0.6) is 0 Å². The zero-order valence-electron chi connectivity index (χ0n) is 11.2. The van der Waals surface area contributed by atoms with Gasteiger partial charge in [0.15, 0.2) is 0 Å². The predicted molar refractivity (Wildman–Crippen MR) is 75.4 cm³/mol. The highest BCUT2D eigenvalue weighted by Gasteiger charge is 2.11. The largest absolute Gasteiger partial charge is 0.302 e. The highest BCUT2D eigenvalue weighted by Crippen LogP contribution is 2.18. The summed E-state index contributed by atoms with van der Waals surface area (Å²) < 4.78 is 0. The first-order chi connectivity index (χ1) is 8.66. The van der Waals surface area contributed by atoms with Gasteiger partial charge in [0.05, 0.1) is 5.69 Å². The highest BCUT2D eigenvalue weighted by molar-refractivity contribution is 5.25. The topological polar surface area (TPSA) is 24.9 Å². The number of aryl methyl sites for hydroxylation is 1. The van der Waals surface area contributed by atoms with Gasteiger partial charge in [-0.05, 0) is 38.5 Å². The molecule has 0 saturated carbocycles. The van der Waals surface area contributed by atoms with Crippen molar-refractivity contribution in [1.82, 2.24) is 10.3 Å². The van der Waals surface area contributed by atoms with Gasteiger partial charge in [-0.25, -0.2) is 0 Å². The van der Waals surface area contributed by atoms with Gasteiger partial charge in [0.1, 0.15) is 0 Å². The van der Waals surface area contributed by atoms with Crippen LogP contribution in [-0.2, 0) is 0 Å². The third-order valence-electron chi connectivity index (χ3n) is 3.17. The van der Waals surface area contributed by atoms with Crippen molar-refractivity contribution in [3.8, 4) is 0 Å². The summed E-state index contributed by atoms with van der Waals surface area (Å²) in [6.45, 7) is 6.46. The van der Waals surface area contributed by atoms with Crippen LogP contribution in [0.15, 0.2) is 48.7 Å². The van der Waals surface area contributed by atoms with Gasteiger partial charge in [-0.2, -0.15) is 0 Å². The molecule has 0 aliphatic carbocycles. The highest BCUT2D eigenvalue weighted by atomic mass is 15.0. The zero-order chi connectivity index (χ0) is 13.0. The van der Waals surface area contributed by atoms with E-state index < -0.39 is 0 Å². The number of pyridine rings is 1. The molecular weight excluding hydrogens is 220 g/mol. The Balaban J connectivity index is 2.05. The summed E-state index contributed by atoms with van der Waals surface area (Å²) in [4.78, 5) is 4.38. The molecule has 0 bridgehead atoms. The molecule has 0 amide bonds. The van der Waals surface area contributed by atoms with Crippen molar-refractivity contribution in [3.63, 3.8) is 0 Å². The molecule has 0 fully saturated rings. The summed E-state index contributed by atoms with van der Waals surface area (Å²) in [5.41, 5.74) is 3.70. The van der Waals surface area contributed by atoms with Crippen molar-refractivity contribution < 1.29 is 0 Å². The molecule has 1 aromatic carbocycles. The quantitative estimate of drug-likeness (QED) is 0.879. The molecule has 2 nitrogen and oxygen atoms in total. The van der Waals surface area contributed by atoms with Gasteiger partial charge in [0, 0.05) is 18.3 Å². The number of hydrogen-bond acceptors (Lipinski definition) is 2. The molecule has 2 atom stereocenters. The van der Waals surface area contributed by atoms with Crippen molar-refractivity contribution in [2.24, 2.45) is 0 Å². The summed E-state index contributed by atoms with van der Waals surface area (Å²) in [7, 11) is 0. The van der Waals surface area contributed by atoms with Crippen LogP contribution in [0.25, 0.3) is 0 Å². The number of hydrogen-bond donors (Lipinski definition) is 1. The molecule has 2 rings (SSSR count). The normalized spacial score (nSPS) is 14.2. The van der Waals surface area contributed by atoms with E-state index in [0.717, 1.165) is 5.69 Å². The average molecular weight is 240 g/mol. The van der Waals surface area contributed by atoms with Gasteiger partial charge in [0.2, 0.25) is 0 Å². The average Bonchev–Trinajstić information content (AvgIpc) is 2.39. The van der Waals surface area contributed by atoms with Gasteiger partial charge in [-0.15, -0.1) is 0 Å². The molecule has 0 aliphatic rings. The lowest BCUT2D eigenvalue weighted by molar-refractivity contribution is 0.486. The molecule has 1 N–H and O–H groups in total. The van der Waals surface area contributed by atoms with Crippen LogP contribution in [0, 0.1) is 6.92 Å². The number of nitrogens with one attached hydrogen (secondary N) is 1. The molecule has 1 heterocycles. The number of benzene rings is 1. The molecule has 2 aromatic rings. The standard InChI is InChI=1S/C16H20N2/c1-12-7-6-8-15(11-12)13(2)18-14(3)16-9-4-5-10-17-16/h4-11,13-14,18H,1-3H3/t13?,14-/m0/s1. The molecule has 0 aliphatic heterocycles. The molecule has 2 heteroatoms. The van der Waals surface area contributed by atoms with E-state index in [9.17, 15) is 0 Å². The van der Waals surface area contributed by atoms with E-state index in [1.54, 1.807) is 0 Å². The van der Waals surface area contributed by atoms with Crippen LogP contribution in [-0.4, -0.2) is 4.98 Å². The van der Waals surface area contributed by atoms with Gasteiger partial charge >= 0.3 is 0 Å². The van der Waals surface area contributed by atoms with Crippen molar-refractivity contribution in [2.75, 3.05) is 0 Å². The molecule has 18 heavy (non-hydrogen) atoms. The fourth-order valence-corrected chi connectivity index (χ4v) is 2.13. The third kappa shape index (κ3) is 3.17. The first kappa shape index (κ1) is 12.8. The maximum atomic E-state index is 4.38. The monoisotopic (exact) mass is 240 g/mol. The first-order valence-corrected chi connectivity index (χ1v) is 6.40. The second kappa shape index (κ2) is 5.78. The summed E-state index contributed by atoms with van der Waals surface area (Å²) in [6.07, 6.45) is 1.84. The Hall–Kier alpha value is -1.67. The van der Waals surface area contributed by atoms with Gasteiger partial charge < -0.3 is 5.32 Å². The maximum Gasteiger partial charge on any atom is 0.0570 e. The lowest BCUT2D eigenvalue weighted by Crippen LogP contribution is -2.23. The van der Waals surface area contributed by atoms with Crippen LogP contribution in [0.1, 0.15) is 42.8 Å². The number of aromatic nitrogens is 1. The lowest BCUT2D eigenvalue weighted by Gasteiger charge is -2.20. The minimum Gasteiger partial charge on any atom is -0.302 e. The molecule has 1 unspecified atom stereocenters. The van der Waals surface area contributed by atoms with Crippen molar-refractivity contribution >= 4 is 0 Å². The van der Waals surface area contributed by atoms with Crippen LogP contribution in [0.2, 0.25) is 0 Å². The smallest absolute Gasteiger partial charge is 0.0570 e. The van der Waals surface area contributed by atoms with Crippen LogP contribution >= 0.6 is 0 Å². The Morgan fingerprint density at radius 3 is 2.50 bits per heavy atom. The Bertz CT molecular complexity index is 493. The van der Waals surface area contributed by atoms with Gasteiger partial charge in [-0.3, -0.25) is 4.98 Å². The Morgan fingerprint density at radius 1 is 1.00 bits per heavy atom. The molecule has 0 radical (unpaired) electrons. The van der Waals surface area contributed by atoms with Crippen LogP contribution in [0.4, 0.5) is 0 Å². The summed E-state index contributed by atoms with van der Waals surface area (Å²) in [6, 6.07) is 15.2. The summed E-state index contributed by atoms with van der Waals surface area (Å²) in [5.74, 6) is 0. The van der Waals surface area contributed by atoms with Crippen LogP contribution in [0.3, 0.4) is 0 Å². The summed E-state index contributed by atoms with van der Waals surface area (Å²) in [5, 5.41) is 3.58. The minimum absolute atomic E-state index is 0.252. The van der Waals surface area contributed by atoms with E-state index >= 15 is 0 Å². The SMILES string of the molecule is Cc1cccc(C(C)N[C@@H](C)c2ccccn2)c1. The Morgan fingerprint density at radius 2 is 1.83 bits per heavy atom. The summed E-state index contributed by atoms with van der Waals surface area (Å²) >= 11 is 0. The lowest BCUT2D eigenvalue weighted by atomic mass is 10.0. The van der Waals surface area contributed by atoms with Crippen molar-refractivity contribution in [3.05, 3.63) is 65.5 Å². The van der Waals surface area contributed by atoms with E-state index in [0.29, 0.717) is 6.04 Å². The molecule has 0 saturated heterocycles. The van der Waals surface area contributed by atoms with E-state index in [1.165, 1.54) is 11.1 Å². The number of nitrogens with zero attached hydrogens (tertiary/aromatic N) is 1. The first-order valence-electron chi connectivity index (χ1n) is 6.40. The third-order valence-corrected chi connectivity index (χ3v) is 3.17. The van der Waals surface area contributed by atoms with E-state index in [1.807, 2.05) is 18.3 Å². The second-order valence-corrected chi connectivity index (χ2v) is 4.78. The van der Waals surface area contributed by atoms with Crippen LogP contribution < -0.4 is 5.32 Å². The van der Waals surface area contributed by atoms with E-state index in [2.05, 4.69) is 61.4 Å². The molecule has 0 spiro atoms. The van der Waals surface area contributed by atoms with E-state index in [4.69, 9.17) is 0 Å². The zero-order valence-corrected chi connectivity index (χ0v) is 11.2. The Labute approximate surface area is 109 Å². The predicted octanol–water partition coefficient (Wildman–Crippen LogP) is 3.80. The minimum atomic E-state index is 0.252. The molecular formula is C16H20N2. The molecule has 94 valence electrons. The van der Waals surface area contributed by atoms with Crippen molar-refractivity contribution in [2.45, 2.75) is 32.9 Å². The van der Waals surface area contributed by atoms with E-state index in [-0.39, 0.29) is 6.04 Å². The second-order valence-electron chi connectivity index (χ2n) is 4.78. The number of rotatable bonds is 4. The fraction of sp³-hybridized carbons (Fsp3) is 0.312. The fourth-order valence-electron chi connectivity index (χ4n) is 2.13. The molecule has 1 aromatic heterocycles. The van der Waals surface area contributed by atoms with Gasteiger partial charge in [0.25, 0.3) is 0 Å².